The lowest BCUT2D eigenvalue weighted by Crippen LogP contribution is -2.09. The molecule has 0 saturated heterocycles. The van der Waals surface area contributed by atoms with E-state index in [0.717, 1.165) is 11.1 Å². The smallest absolute Gasteiger partial charge is 0.258 e. The number of pyridine rings is 1. The number of hydrogen-bond donors (Lipinski definition) is 0. The Labute approximate surface area is 129 Å². The average molecular weight is 291 g/mol. The highest BCUT2D eigenvalue weighted by Crippen LogP contribution is 2.40. The van der Waals surface area contributed by atoms with Crippen LogP contribution in [0, 0.1) is 0 Å². The zero-order valence-electron chi connectivity index (χ0n) is 12.3. The second-order valence-electron chi connectivity index (χ2n) is 5.77. The van der Waals surface area contributed by atoms with Gasteiger partial charge in [0.2, 0.25) is 0 Å². The number of hydrogen-bond acceptors (Lipinski definition) is 4. The Morgan fingerprint density at radius 2 is 2.00 bits per heavy atom. The van der Waals surface area contributed by atoms with Gasteiger partial charge in [-0.25, -0.2) is 0 Å². The van der Waals surface area contributed by atoms with Crippen molar-refractivity contribution in [1.29, 1.82) is 0 Å². The van der Waals surface area contributed by atoms with Gasteiger partial charge < -0.3 is 4.52 Å². The van der Waals surface area contributed by atoms with Crippen molar-refractivity contribution in [2.24, 2.45) is 0 Å². The fourth-order valence-corrected chi connectivity index (χ4v) is 2.89. The molecule has 0 spiro atoms. The highest BCUT2D eigenvalue weighted by molar-refractivity contribution is 5.60. The molecule has 1 fully saturated rings. The van der Waals surface area contributed by atoms with Gasteiger partial charge >= 0.3 is 0 Å². The molecule has 2 heterocycles. The molecular weight excluding hydrogens is 274 g/mol. The molecule has 4 heteroatoms. The Morgan fingerprint density at radius 1 is 1.09 bits per heavy atom. The van der Waals surface area contributed by atoms with Crippen LogP contribution >= 0.6 is 0 Å². The minimum absolute atomic E-state index is 0.626. The summed E-state index contributed by atoms with van der Waals surface area (Å²) >= 11 is 0. The lowest BCUT2D eigenvalue weighted by atomic mass is 9.78. The Bertz CT molecular complexity index is 763. The van der Waals surface area contributed by atoms with Crippen molar-refractivity contribution in [3.8, 4) is 11.5 Å². The van der Waals surface area contributed by atoms with Crippen molar-refractivity contribution in [1.82, 2.24) is 15.1 Å². The fraction of sp³-hybridized carbons (Fsp3) is 0.278. The van der Waals surface area contributed by atoms with Crippen LogP contribution < -0.4 is 0 Å². The molecule has 0 bridgehead atoms. The van der Waals surface area contributed by atoms with Gasteiger partial charge in [-0.1, -0.05) is 35.8 Å². The molecule has 3 aromatic rings. The van der Waals surface area contributed by atoms with E-state index in [9.17, 15) is 0 Å². The average Bonchev–Trinajstić information content (AvgIpc) is 2.95. The lowest BCUT2D eigenvalue weighted by molar-refractivity contribution is 0.410. The molecule has 2 aromatic heterocycles. The van der Waals surface area contributed by atoms with E-state index in [4.69, 9.17) is 4.52 Å². The topological polar surface area (TPSA) is 51.8 Å². The summed E-state index contributed by atoms with van der Waals surface area (Å²) in [6, 6.07) is 12.3. The third kappa shape index (κ3) is 2.52. The summed E-state index contributed by atoms with van der Waals surface area (Å²) < 4.78 is 5.50. The fourth-order valence-electron chi connectivity index (χ4n) is 2.89. The van der Waals surface area contributed by atoms with Crippen molar-refractivity contribution in [3.63, 3.8) is 0 Å². The summed E-state index contributed by atoms with van der Waals surface area (Å²) in [4.78, 5) is 8.69. The van der Waals surface area contributed by atoms with Gasteiger partial charge in [-0.2, -0.15) is 4.98 Å². The highest BCUT2D eigenvalue weighted by Gasteiger charge is 2.24. The van der Waals surface area contributed by atoms with Gasteiger partial charge in [-0.05, 0) is 42.0 Å². The SMILES string of the molecule is c1cncc(Cc2noc(-c3ccccc3C3CCC3)n2)c1. The number of benzene rings is 1. The van der Waals surface area contributed by atoms with Gasteiger partial charge in [0.25, 0.3) is 5.89 Å². The first-order valence-corrected chi connectivity index (χ1v) is 7.71. The third-order valence-corrected chi connectivity index (χ3v) is 4.29. The van der Waals surface area contributed by atoms with Gasteiger partial charge in [-0.3, -0.25) is 4.98 Å². The van der Waals surface area contributed by atoms with E-state index >= 15 is 0 Å². The van der Waals surface area contributed by atoms with Crippen LogP contribution in [0.3, 0.4) is 0 Å². The van der Waals surface area contributed by atoms with E-state index in [0.29, 0.717) is 24.1 Å². The molecule has 0 N–H and O–H groups in total. The molecule has 0 unspecified atom stereocenters. The first-order chi connectivity index (χ1) is 10.9. The first-order valence-electron chi connectivity index (χ1n) is 7.71. The van der Waals surface area contributed by atoms with Crippen molar-refractivity contribution in [2.75, 3.05) is 0 Å². The number of rotatable bonds is 4. The molecule has 4 nitrogen and oxygen atoms in total. The summed E-state index contributed by atoms with van der Waals surface area (Å²) in [6.45, 7) is 0. The maximum absolute atomic E-state index is 5.50. The van der Waals surface area contributed by atoms with E-state index in [1.807, 2.05) is 24.4 Å². The minimum Gasteiger partial charge on any atom is -0.334 e. The van der Waals surface area contributed by atoms with Crippen LogP contribution in [-0.2, 0) is 6.42 Å². The lowest BCUT2D eigenvalue weighted by Gasteiger charge is -2.27. The predicted molar refractivity (Wildman–Crippen MR) is 83.4 cm³/mol. The zero-order chi connectivity index (χ0) is 14.8. The van der Waals surface area contributed by atoms with Crippen LogP contribution in [0.25, 0.3) is 11.5 Å². The molecule has 0 atom stereocenters. The Kier molecular flexibility index (Phi) is 3.43. The second-order valence-corrected chi connectivity index (χ2v) is 5.77. The van der Waals surface area contributed by atoms with Crippen LogP contribution in [0.4, 0.5) is 0 Å². The standard InChI is InChI=1S/C18H17N3O/c1-2-9-16(15(8-1)14-6-3-7-14)18-20-17(21-22-18)11-13-5-4-10-19-12-13/h1-2,4-5,8-10,12,14H,3,6-7,11H2. The van der Waals surface area contributed by atoms with Gasteiger partial charge in [-0.15, -0.1) is 0 Å². The summed E-state index contributed by atoms with van der Waals surface area (Å²) in [5.74, 6) is 1.97. The maximum atomic E-state index is 5.50. The third-order valence-electron chi connectivity index (χ3n) is 4.29. The molecule has 0 amide bonds. The van der Waals surface area contributed by atoms with Crippen molar-refractivity contribution >= 4 is 0 Å². The Hall–Kier alpha value is -2.49. The normalized spacial score (nSPS) is 14.7. The second kappa shape index (κ2) is 5.72. The van der Waals surface area contributed by atoms with E-state index in [1.165, 1.54) is 24.8 Å². The molecule has 0 aliphatic heterocycles. The van der Waals surface area contributed by atoms with E-state index in [-0.39, 0.29) is 0 Å². The molecule has 0 radical (unpaired) electrons. The van der Waals surface area contributed by atoms with Gasteiger partial charge in [0.15, 0.2) is 5.82 Å². The molecule has 1 saturated carbocycles. The predicted octanol–water partition coefficient (Wildman–Crippen LogP) is 3.99. The van der Waals surface area contributed by atoms with E-state index < -0.39 is 0 Å². The molecule has 22 heavy (non-hydrogen) atoms. The van der Waals surface area contributed by atoms with Crippen molar-refractivity contribution < 1.29 is 4.52 Å². The maximum Gasteiger partial charge on any atom is 0.258 e. The monoisotopic (exact) mass is 291 g/mol. The van der Waals surface area contributed by atoms with Gasteiger partial charge in [0, 0.05) is 24.4 Å². The van der Waals surface area contributed by atoms with Crippen molar-refractivity contribution in [3.05, 3.63) is 65.7 Å². The number of nitrogens with zero attached hydrogens (tertiary/aromatic N) is 3. The van der Waals surface area contributed by atoms with Crippen LogP contribution in [0.2, 0.25) is 0 Å². The summed E-state index contributed by atoms with van der Waals surface area (Å²) in [5, 5.41) is 4.12. The summed E-state index contributed by atoms with van der Waals surface area (Å²) in [6.07, 6.45) is 8.07. The molecule has 1 aliphatic carbocycles. The minimum atomic E-state index is 0.626. The molecular formula is C18H17N3O. The Balaban J connectivity index is 1.62. The summed E-state index contributed by atoms with van der Waals surface area (Å²) in [7, 11) is 0. The van der Waals surface area contributed by atoms with E-state index in [2.05, 4.69) is 33.3 Å². The molecule has 110 valence electrons. The largest absolute Gasteiger partial charge is 0.334 e. The highest BCUT2D eigenvalue weighted by atomic mass is 16.5. The van der Waals surface area contributed by atoms with Crippen LogP contribution in [0.5, 0.6) is 0 Å². The van der Waals surface area contributed by atoms with Crippen LogP contribution in [-0.4, -0.2) is 15.1 Å². The van der Waals surface area contributed by atoms with Crippen LogP contribution in [0.15, 0.2) is 53.3 Å². The van der Waals surface area contributed by atoms with Gasteiger partial charge in [0.05, 0.1) is 0 Å². The Morgan fingerprint density at radius 3 is 2.77 bits per heavy atom. The van der Waals surface area contributed by atoms with Crippen molar-refractivity contribution in [2.45, 2.75) is 31.6 Å². The zero-order valence-corrected chi connectivity index (χ0v) is 12.3. The van der Waals surface area contributed by atoms with Gasteiger partial charge in [0.1, 0.15) is 0 Å². The van der Waals surface area contributed by atoms with Crippen LogP contribution in [0.1, 0.15) is 42.1 Å². The quantitative estimate of drug-likeness (QED) is 0.729. The molecule has 4 rings (SSSR count). The summed E-state index contributed by atoms with van der Waals surface area (Å²) in [5.41, 5.74) is 3.50. The van der Waals surface area contributed by atoms with E-state index in [1.54, 1.807) is 6.20 Å². The molecule has 1 aromatic carbocycles. The first kappa shape index (κ1) is 13.2. The molecule has 1 aliphatic rings. The number of aromatic nitrogens is 3.